The molecule has 2 rings (SSSR count). The maximum absolute atomic E-state index is 10.4. The van der Waals surface area contributed by atoms with Crippen molar-refractivity contribution in [3.05, 3.63) is 30.5 Å². The van der Waals surface area contributed by atoms with Crippen molar-refractivity contribution in [3.8, 4) is 11.4 Å². The number of hydrogen-bond acceptors (Lipinski definition) is 4. The van der Waals surface area contributed by atoms with Gasteiger partial charge in [-0.15, -0.1) is 0 Å². The predicted molar refractivity (Wildman–Crippen MR) is 60.9 cm³/mol. The van der Waals surface area contributed by atoms with Gasteiger partial charge in [-0.1, -0.05) is 0 Å². The number of hydrogen-bond donors (Lipinski definition) is 2. The molecule has 0 saturated heterocycles. The molecule has 1 aromatic heterocycles. The van der Waals surface area contributed by atoms with Gasteiger partial charge in [0.2, 0.25) is 11.0 Å². The van der Waals surface area contributed by atoms with Gasteiger partial charge in [0.15, 0.2) is 0 Å². The molecule has 2 aromatic rings. The zero-order chi connectivity index (χ0) is 13.0. The van der Waals surface area contributed by atoms with E-state index in [1.165, 1.54) is 10.9 Å². The highest BCUT2D eigenvalue weighted by Crippen LogP contribution is 2.12. The highest BCUT2D eigenvalue weighted by Gasteiger charge is 2.16. The predicted octanol–water partition coefficient (Wildman–Crippen LogP) is 1.44. The molecule has 1 amide bonds. The van der Waals surface area contributed by atoms with E-state index in [0.29, 0.717) is 6.61 Å². The fourth-order valence-corrected chi connectivity index (χ4v) is 1.39. The van der Waals surface area contributed by atoms with Gasteiger partial charge in [-0.2, -0.15) is 0 Å². The van der Waals surface area contributed by atoms with Crippen molar-refractivity contribution in [2.24, 2.45) is 0 Å². The van der Waals surface area contributed by atoms with Crippen molar-refractivity contribution in [2.75, 3.05) is 11.9 Å². The number of ether oxygens (including phenoxy) is 1. The molecule has 2 N–H and O–H groups in total. The molecule has 0 spiro atoms. The van der Waals surface area contributed by atoms with Crippen molar-refractivity contribution in [1.82, 2.24) is 5.27 Å². The van der Waals surface area contributed by atoms with E-state index < -0.39 is 6.09 Å². The van der Waals surface area contributed by atoms with Crippen LogP contribution in [0.2, 0.25) is 0 Å². The highest BCUT2D eigenvalue weighted by molar-refractivity contribution is 5.80. The van der Waals surface area contributed by atoms with Crippen LogP contribution in [0.1, 0.15) is 6.92 Å². The van der Waals surface area contributed by atoms with E-state index in [2.05, 4.69) is 10.6 Å². The van der Waals surface area contributed by atoms with Crippen LogP contribution in [0, 0.1) is 0 Å². The van der Waals surface area contributed by atoms with E-state index in [0.717, 1.165) is 11.4 Å². The Labute approximate surface area is 103 Å². The van der Waals surface area contributed by atoms with Crippen LogP contribution in [0.5, 0.6) is 5.75 Å². The third-order valence-corrected chi connectivity index (χ3v) is 2.11. The van der Waals surface area contributed by atoms with Gasteiger partial charge in [0.1, 0.15) is 5.75 Å². The molecular weight excluding hydrogens is 238 g/mol. The van der Waals surface area contributed by atoms with Crippen LogP contribution in [0.3, 0.4) is 0 Å². The van der Waals surface area contributed by atoms with Crippen LogP contribution in [-0.4, -0.2) is 23.1 Å². The average molecular weight is 250 g/mol. The monoisotopic (exact) mass is 250 g/mol. The summed E-state index contributed by atoms with van der Waals surface area (Å²) in [5, 5.41) is 14.3. The summed E-state index contributed by atoms with van der Waals surface area (Å²) in [5.41, 5.74) is 0.737. The Kier molecular flexibility index (Phi) is 3.42. The van der Waals surface area contributed by atoms with Crippen molar-refractivity contribution >= 4 is 12.0 Å². The number of carboxylic acid groups (broad SMARTS) is 1. The molecule has 1 aromatic carbocycles. The van der Waals surface area contributed by atoms with Crippen molar-refractivity contribution < 1.29 is 23.8 Å². The minimum atomic E-state index is -1.20. The molecule has 7 heteroatoms. The first-order chi connectivity index (χ1) is 8.69. The molecule has 0 saturated carbocycles. The van der Waals surface area contributed by atoms with Crippen LogP contribution < -0.4 is 14.7 Å². The van der Waals surface area contributed by atoms with E-state index in [9.17, 15) is 4.79 Å². The van der Waals surface area contributed by atoms with Gasteiger partial charge >= 0.3 is 12.0 Å². The SMILES string of the molecule is CCOc1ccc(-[n+]2cc(NC(=O)O)on2)cc1. The topological polar surface area (TPSA) is 88.5 Å². The first-order valence-electron chi connectivity index (χ1n) is 5.31. The number of rotatable bonds is 4. The average Bonchev–Trinajstić information content (AvgIpc) is 2.78. The molecule has 18 heavy (non-hydrogen) atoms. The Morgan fingerprint density at radius 3 is 2.83 bits per heavy atom. The van der Waals surface area contributed by atoms with Crippen LogP contribution >= 0.6 is 0 Å². The summed E-state index contributed by atoms with van der Waals surface area (Å²) in [6.45, 7) is 2.51. The first kappa shape index (κ1) is 11.9. The lowest BCUT2D eigenvalue weighted by Gasteiger charge is -2.00. The Hall–Kier alpha value is -2.57. The second-order valence-corrected chi connectivity index (χ2v) is 3.37. The van der Waals surface area contributed by atoms with Crippen molar-refractivity contribution in [3.63, 3.8) is 0 Å². The van der Waals surface area contributed by atoms with Gasteiger partial charge in [0.25, 0.3) is 6.20 Å². The van der Waals surface area contributed by atoms with E-state index in [4.69, 9.17) is 14.4 Å². The number of benzene rings is 1. The molecule has 0 unspecified atom stereocenters. The maximum Gasteiger partial charge on any atom is 0.411 e. The fraction of sp³-hybridized carbons (Fsp3) is 0.182. The molecule has 0 atom stereocenters. The van der Waals surface area contributed by atoms with Gasteiger partial charge in [0, 0.05) is 12.1 Å². The summed E-state index contributed by atoms with van der Waals surface area (Å²) in [5.74, 6) is 0.811. The number of nitrogens with one attached hydrogen (secondary N) is 1. The first-order valence-corrected chi connectivity index (χ1v) is 5.31. The fourth-order valence-electron chi connectivity index (χ4n) is 1.39. The van der Waals surface area contributed by atoms with Crippen molar-refractivity contribution in [2.45, 2.75) is 6.92 Å². The second kappa shape index (κ2) is 5.17. The smallest absolute Gasteiger partial charge is 0.411 e. The summed E-state index contributed by atoms with van der Waals surface area (Å²) in [6.07, 6.45) is 0.231. The minimum Gasteiger partial charge on any atom is -0.494 e. The lowest BCUT2D eigenvalue weighted by Crippen LogP contribution is -2.31. The molecule has 0 fully saturated rings. The van der Waals surface area contributed by atoms with Gasteiger partial charge in [-0.3, -0.25) is 9.84 Å². The molecule has 0 aliphatic heterocycles. The maximum atomic E-state index is 10.4. The molecule has 0 radical (unpaired) electrons. The number of nitrogens with zero attached hydrogens (tertiary/aromatic N) is 2. The van der Waals surface area contributed by atoms with E-state index in [1.807, 2.05) is 6.92 Å². The number of carbonyl (C=O) groups is 1. The zero-order valence-electron chi connectivity index (χ0n) is 9.66. The Bertz CT molecular complexity index is 535. The second-order valence-electron chi connectivity index (χ2n) is 3.37. The van der Waals surface area contributed by atoms with Gasteiger partial charge in [-0.05, 0) is 23.7 Å². The summed E-state index contributed by atoms with van der Waals surface area (Å²) >= 11 is 0. The molecule has 0 aliphatic carbocycles. The van der Waals surface area contributed by atoms with Gasteiger partial charge in [-0.25, -0.2) is 4.79 Å². The van der Waals surface area contributed by atoms with E-state index in [-0.39, 0.29) is 5.88 Å². The third kappa shape index (κ3) is 2.76. The molecule has 0 bridgehead atoms. The Balaban J connectivity index is 2.15. The van der Waals surface area contributed by atoms with Crippen LogP contribution in [0.4, 0.5) is 10.7 Å². The van der Waals surface area contributed by atoms with E-state index in [1.54, 1.807) is 24.3 Å². The van der Waals surface area contributed by atoms with Crippen LogP contribution in [0.15, 0.2) is 35.0 Å². The van der Waals surface area contributed by atoms with Crippen molar-refractivity contribution in [1.29, 1.82) is 0 Å². The number of amides is 1. The summed E-state index contributed by atoms with van der Waals surface area (Å²) in [6, 6.07) is 7.17. The van der Waals surface area contributed by atoms with Crippen LogP contribution in [-0.2, 0) is 0 Å². The normalized spacial score (nSPS) is 10.1. The Morgan fingerprint density at radius 1 is 1.50 bits per heavy atom. The quantitative estimate of drug-likeness (QED) is 0.801. The largest absolute Gasteiger partial charge is 0.494 e. The Morgan fingerprint density at radius 2 is 2.22 bits per heavy atom. The van der Waals surface area contributed by atoms with Gasteiger partial charge < -0.3 is 9.84 Å². The molecule has 94 valence electrons. The van der Waals surface area contributed by atoms with Gasteiger partial charge in [0.05, 0.1) is 6.61 Å². The molecule has 0 aliphatic rings. The summed E-state index contributed by atoms with van der Waals surface area (Å²) < 4.78 is 11.5. The zero-order valence-corrected chi connectivity index (χ0v) is 9.66. The molecular formula is C11H12N3O4+. The lowest BCUT2D eigenvalue weighted by atomic mass is 10.3. The molecule has 7 nitrogen and oxygen atoms in total. The summed E-state index contributed by atoms with van der Waals surface area (Å²) in [7, 11) is 0. The summed E-state index contributed by atoms with van der Waals surface area (Å²) in [4.78, 5) is 10.4. The van der Waals surface area contributed by atoms with Crippen LogP contribution in [0.25, 0.3) is 5.69 Å². The highest BCUT2D eigenvalue weighted by atomic mass is 16.5. The minimum absolute atomic E-state index is 0.0522. The standard InChI is InChI=1S/C11H11N3O4/c1-2-17-9-5-3-8(4-6-9)14-7-10(18-13-14)12-11(15)16/h3-7H,2H2,1H3,(H-,12,13,15,16)/p+1. The number of aromatic nitrogens is 2. The number of anilines is 1. The third-order valence-electron chi connectivity index (χ3n) is 2.11. The lowest BCUT2D eigenvalue weighted by molar-refractivity contribution is -0.670. The van der Waals surface area contributed by atoms with E-state index >= 15 is 0 Å². The molecule has 1 heterocycles.